The molecule has 0 radical (unpaired) electrons. The standard InChI is InChI=1S/C23H27FN4O3/c1-17(29)27-11-9-26(10-12-27)16-23-25-21-15-20(30-2)7-8-22(21)28(23)13-14-31-19-5-3-18(24)4-6-19/h3-8,15H,9-14,16H2,1-2H3. The highest BCUT2D eigenvalue weighted by Gasteiger charge is 2.21. The summed E-state index contributed by atoms with van der Waals surface area (Å²) >= 11 is 0. The highest BCUT2D eigenvalue weighted by atomic mass is 19.1. The Morgan fingerprint density at radius 2 is 1.77 bits per heavy atom. The van der Waals surface area contributed by atoms with Gasteiger partial charge in [-0.25, -0.2) is 9.37 Å². The van der Waals surface area contributed by atoms with Crippen LogP contribution in [0.25, 0.3) is 11.0 Å². The summed E-state index contributed by atoms with van der Waals surface area (Å²) in [7, 11) is 1.64. The number of imidazole rings is 1. The monoisotopic (exact) mass is 426 g/mol. The van der Waals surface area contributed by atoms with Crippen LogP contribution in [0.5, 0.6) is 11.5 Å². The number of fused-ring (bicyclic) bond motifs is 1. The number of hydrogen-bond donors (Lipinski definition) is 0. The summed E-state index contributed by atoms with van der Waals surface area (Å²) in [4.78, 5) is 20.6. The second-order valence-electron chi connectivity index (χ2n) is 7.62. The molecule has 2 heterocycles. The van der Waals surface area contributed by atoms with Gasteiger partial charge >= 0.3 is 0 Å². The van der Waals surface area contributed by atoms with Crippen molar-refractivity contribution in [3.63, 3.8) is 0 Å². The Morgan fingerprint density at radius 3 is 2.45 bits per heavy atom. The Kier molecular flexibility index (Phi) is 6.36. The molecule has 0 N–H and O–H groups in total. The summed E-state index contributed by atoms with van der Waals surface area (Å²) in [5.41, 5.74) is 1.89. The van der Waals surface area contributed by atoms with Crippen molar-refractivity contribution in [1.82, 2.24) is 19.4 Å². The van der Waals surface area contributed by atoms with Gasteiger partial charge in [0.2, 0.25) is 5.91 Å². The van der Waals surface area contributed by atoms with Crippen LogP contribution in [0.2, 0.25) is 0 Å². The van der Waals surface area contributed by atoms with Gasteiger partial charge in [-0.15, -0.1) is 0 Å². The van der Waals surface area contributed by atoms with Crippen molar-refractivity contribution in [3.8, 4) is 11.5 Å². The van der Waals surface area contributed by atoms with E-state index in [2.05, 4.69) is 9.47 Å². The lowest BCUT2D eigenvalue weighted by Gasteiger charge is -2.34. The molecular formula is C23H27FN4O3. The van der Waals surface area contributed by atoms with Crippen molar-refractivity contribution in [2.45, 2.75) is 20.0 Å². The number of halogens is 1. The van der Waals surface area contributed by atoms with E-state index in [0.717, 1.165) is 48.8 Å². The molecule has 3 aromatic rings. The molecule has 1 aliphatic rings. The van der Waals surface area contributed by atoms with E-state index in [1.165, 1.54) is 12.1 Å². The first-order chi connectivity index (χ1) is 15.0. The normalized spacial score (nSPS) is 14.7. The van der Waals surface area contributed by atoms with Crippen LogP contribution in [0.3, 0.4) is 0 Å². The van der Waals surface area contributed by atoms with E-state index >= 15 is 0 Å². The fraction of sp³-hybridized carbons (Fsp3) is 0.391. The third-order valence-electron chi connectivity index (χ3n) is 5.61. The van der Waals surface area contributed by atoms with Crippen molar-refractivity contribution in [2.24, 2.45) is 0 Å². The van der Waals surface area contributed by atoms with E-state index < -0.39 is 0 Å². The lowest BCUT2D eigenvalue weighted by molar-refractivity contribution is -0.130. The van der Waals surface area contributed by atoms with Gasteiger partial charge in [-0.3, -0.25) is 9.69 Å². The first-order valence-corrected chi connectivity index (χ1v) is 10.4. The van der Waals surface area contributed by atoms with E-state index in [4.69, 9.17) is 14.5 Å². The molecule has 8 heteroatoms. The van der Waals surface area contributed by atoms with Gasteiger partial charge in [0.1, 0.15) is 29.7 Å². The van der Waals surface area contributed by atoms with Crippen molar-refractivity contribution in [3.05, 3.63) is 54.1 Å². The molecule has 4 rings (SSSR count). The smallest absolute Gasteiger partial charge is 0.219 e. The largest absolute Gasteiger partial charge is 0.497 e. The van der Waals surface area contributed by atoms with Crippen molar-refractivity contribution >= 4 is 16.9 Å². The van der Waals surface area contributed by atoms with Crippen LogP contribution in [0.4, 0.5) is 4.39 Å². The molecule has 7 nitrogen and oxygen atoms in total. The third-order valence-corrected chi connectivity index (χ3v) is 5.61. The summed E-state index contributed by atoms with van der Waals surface area (Å²) in [6.45, 7) is 6.46. The molecule has 0 saturated carbocycles. The van der Waals surface area contributed by atoms with Gasteiger partial charge in [-0.1, -0.05) is 0 Å². The molecule has 0 aliphatic carbocycles. The van der Waals surface area contributed by atoms with Gasteiger partial charge in [0.25, 0.3) is 0 Å². The molecule has 2 aromatic carbocycles. The predicted octanol–water partition coefficient (Wildman–Crippen LogP) is 2.93. The number of piperazine rings is 1. The van der Waals surface area contributed by atoms with Gasteiger partial charge in [-0.2, -0.15) is 0 Å². The molecule has 1 saturated heterocycles. The molecule has 164 valence electrons. The van der Waals surface area contributed by atoms with Crippen molar-refractivity contribution in [1.29, 1.82) is 0 Å². The minimum atomic E-state index is -0.283. The molecule has 1 aromatic heterocycles. The van der Waals surface area contributed by atoms with Crippen LogP contribution in [0, 0.1) is 5.82 Å². The fourth-order valence-electron chi connectivity index (χ4n) is 3.86. The van der Waals surface area contributed by atoms with Crippen molar-refractivity contribution in [2.75, 3.05) is 39.9 Å². The summed E-state index contributed by atoms with van der Waals surface area (Å²) in [6, 6.07) is 11.9. The number of amides is 1. The van der Waals surface area contributed by atoms with Crippen LogP contribution in [0.15, 0.2) is 42.5 Å². The molecule has 1 aliphatic heterocycles. The Hall–Kier alpha value is -3.13. The van der Waals surface area contributed by atoms with Gasteiger partial charge in [0.05, 0.1) is 31.2 Å². The van der Waals surface area contributed by atoms with Crippen LogP contribution in [0.1, 0.15) is 12.7 Å². The predicted molar refractivity (Wildman–Crippen MR) is 116 cm³/mol. The first-order valence-electron chi connectivity index (χ1n) is 10.4. The van der Waals surface area contributed by atoms with E-state index in [0.29, 0.717) is 25.4 Å². The zero-order valence-electron chi connectivity index (χ0n) is 17.9. The van der Waals surface area contributed by atoms with Gasteiger partial charge in [-0.05, 0) is 36.4 Å². The number of benzene rings is 2. The molecule has 1 fully saturated rings. The molecule has 0 atom stereocenters. The topological polar surface area (TPSA) is 59.8 Å². The maximum absolute atomic E-state index is 13.1. The highest BCUT2D eigenvalue weighted by molar-refractivity contribution is 5.78. The quantitative estimate of drug-likeness (QED) is 0.582. The number of aromatic nitrogens is 2. The van der Waals surface area contributed by atoms with Crippen molar-refractivity contribution < 1.29 is 18.7 Å². The number of nitrogens with zero attached hydrogens (tertiary/aromatic N) is 4. The number of rotatable bonds is 7. The zero-order valence-corrected chi connectivity index (χ0v) is 17.9. The van der Waals surface area contributed by atoms with E-state index in [-0.39, 0.29) is 11.7 Å². The number of ether oxygens (including phenoxy) is 2. The van der Waals surface area contributed by atoms with Crippen LogP contribution in [-0.4, -0.2) is 65.2 Å². The Labute approximate surface area is 181 Å². The zero-order chi connectivity index (χ0) is 21.8. The van der Waals surface area contributed by atoms with E-state index in [1.807, 2.05) is 23.1 Å². The maximum Gasteiger partial charge on any atom is 0.219 e. The number of carbonyl (C=O) groups excluding carboxylic acids is 1. The minimum Gasteiger partial charge on any atom is -0.497 e. The lowest BCUT2D eigenvalue weighted by Crippen LogP contribution is -2.47. The minimum absolute atomic E-state index is 0.122. The van der Waals surface area contributed by atoms with Gasteiger partial charge in [0.15, 0.2) is 0 Å². The molecular weight excluding hydrogens is 399 g/mol. The van der Waals surface area contributed by atoms with Gasteiger partial charge < -0.3 is 18.9 Å². The first kappa shape index (κ1) is 21.1. The molecule has 0 spiro atoms. The Morgan fingerprint density at radius 1 is 1.06 bits per heavy atom. The van der Waals surface area contributed by atoms with Crippen LogP contribution in [-0.2, 0) is 17.9 Å². The highest BCUT2D eigenvalue weighted by Crippen LogP contribution is 2.23. The SMILES string of the molecule is COc1ccc2c(c1)nc(CN1CCN(C(C)=O)CC1)n2CCOc1ccc(F)cc1. The third kappa shape index (κ3) is 4.96. The Bertz CT molecular complexity index is 1040. The van der Waals surface area contributed by atoms with E-state index in [9.17, 15) is 9.18 Å². The summed E-state index contributed by atoms with van der Waals surface area (Å²) in [5, 5.41) is 0. The van der Waals surface area contributed by atoms with Gasteiger partial charge in [0, 0.05) is 39.2 Å². The number of methoxy groups -OCH3 is 1. The maximum atomic E-state index is 13.1. The average molecular weight is 426 g/mol. The summed E-state index contributed by atoms with van der Waals surface area (Å²) < 4.78 is 26.4. The van der Waals surface area contributed by atoms with Crippen LogP contribution >= 0.6 is 0 Å². The summed E-state index contributed by atoms with van der Waals surface area (Å²) in [5.74, 6) is 2.18. The average Bonchev–Trinajstić information content (AvgIpc) is 3.11. The lowest BCUT2D eigenvalue weighted by atomic mass is 10.3. The molecule has 0 bridgehead atoms. The number of carbonyl (C=O) groups is 1. The molecule has 0 unspecified atom stereocenters. The van der Waals surface area contributed by atoms with E-state index in [1.54, 1.807) is 26.2 Å². The fourth-order valence-corrected chi connectivity index (χ4v) is 3.86. The second-order valence-corrected chi connectivity index (χ2v) is 7.62. The molecule has 1 amide bonds. The second kappa shape index (κ2) is 9.34. The molecule has 31 heavy (non-hydrogen) atoms. The summed E-state index contributed by atoms with van der Waals surface area (Å²) in [6.07, 6.45) is 0. The number of hydrogen-bond acceptors (Lipinski definition) is 5. The Balaban J connectivity index is 1.50. The van der Waals surface area contributed by atoms with Crippen LogP contribution < -0.4 is 9.47 Å².